The SMILES string of the molecule is CC1CCCC(O)(CNCc2ccc(O)c(Br)c2)C1. The van der Waals surface area contributed by atoms with Crippen LogP contribution in [0.4, 0.5) is 0 Å². The monoisotopic (exact) mass is 327 g/mol. The van der Waals surface area contributed by atoms with Crippen LogP contribution >= 0.6 is 15.9 Å². The fourth-order valence-corrected chi connectivity index (χ4v) is 3.32. The third-order valence-corrected chi connectivity index (χ3v) is 4.50. The molecule has 0 spiro atoms. The molecule has 1 fully saturated rings. The fraction of sp³-hybridized carbons (Fsp3) is 0.600. The van der Waals surface area contributed by atoms with Gasteiger partial charge in [-0.1, -0.05) is 25.8 Å². The van der Waals surface area contributed by atoms with Crippen molar-refractivity contribution in [2.24, 2.45) is 5.92 Å². The number of rotatable bonds is 4. The fourth-order valence-electron chi connectivity index (χ4n) is 2.89. The lowest BCUT2D eigenvalue weighted by Gasteiger charge is -2.35. The number of aromatic hydroxyl groups is 1. The number of phenols is 1. The number of aliphatic hydroxyl groups is 1. The summed E-state index contributed by atoms with van der Waals surface area (Å²) in [6.45, 7) is 3.55. The van der Waals surface area contributed by atoms with E-state index >= 15 is 0 Å². The predicted molar refractivity (Wildman–Crippen MR) is 80.1 cm³/mol. The summed E-state index contributed by atoms with van der Waals surface area (Å²) in [6, 6.07) is 5.47. The third-order valence-electron chi connectivity index (χ3n) is 3.86. The molecule has 0 radical (unpaired) electrons. The van der Waals surface area contributed by atoms with E-state index in [2.05, 4.69) is 28.2 Å². The number of benzene rings is 1. The molecule has 3 nitrogen and oxygen atoms in total. The van der Waals surface area contributed by atoms with Gasteiger partial charge in [0.1, 0.15) is 5.75 Å². The second-order valence-corrected chi connectivity index (χ2v) is 6.67. The van der Waals surface area contributed by atoms with Crippen molar-refractivity contribution in [3.63, 3.8) is 0 Å². The quantitative estimate of drug-likeness (QED) is 0.796. The Morgan fingerprint density at radius 1 is 1.47 bits per heavy atom. The van der Waals surface area contributed by atoms with Gasteiger partial charge in [-0.25, -0.2) is 0 Å². The molecule has 1 aromatic rings. The summed E-state index contributed by atoms with van der Waals surface area (Å²) in [5.41, 5.74) is 0.545. The zero-order chi connectivity index (χ0) is 13.9. The van der Waals surface area contributed by atoms with E-state index in [0.29, 0.717) is 23.5 Å². The van der Waals surface area contributed by atoms with E-state index in [1.807, 2.05) is 12.1 Å². The smallest absolute Gasteiger partial charge is 0.129 e. The number of halogens is 1. The van der Waals surface area contributed by atoms with Crippen molar-refractivity contribution < 1.29 is 10.2 Å². The number of hydrogen-bond donors (Lipinski definition) is 3. The Hall–Kier alpha value is -0.580. The van der Waals surface area contributed by atoms with E-state index in [9.17, 15) is 10.2 Å². The molecule has 2 atom stereocenters. The number of nitrogens with one attached hydrogen (secondary N) is 1. The van der Waals surface area contributed by atoms with Gasteiger partial charge in [0.2, 0.25) is 0 Å². The van der Waals surface area contributed by atoms with E-state index in [4.69, 9.17) is 0 Å². The van der Waals surface area contributed by atoms with Crippen LogP contribution in [0.5, 0.6) is 5.75 Å². The van der Waals surface area contributed by atoms with E-state index in [1.54, 1.807) is 6.07 Å². The Morgan fingerprint density at radius 2 is 2.26 bits per heavy atom. The molecule has 0 bridgehead atoms. The van der Waals surface area contributed by atoms with E-state index in [1.165, 1.54) is 6.42 Å². The Bertz CT molecular complexity index is 438. The maximum atomic E-state index is 10.5. The standard InChI is InChI=1S/C15H22BrNO2/c1-11-3-2-6-15(19,8-11)10-17-9-12-4-5-14(18)13(16)7-12/h4-5,7,11,17-19H,2-3,6,8-10H2,1H3. The van der Waals surface area contributed by atoms with Crippen LogP contribution in [0.25, 0.3) is 0 Å². The molecule has 0 aromatic heterocycles. The van der Waals surface area contributed by atoms with Crippen molar-refractivity contribution in [3.05, 3.63) is 28.2 Å². The van der Waals surface area contributed by atoms with Crippen molar-refractivity contribution >= 4 is 15.9 Å². The maximum Gasteiger partial charge on any atom is 0.129 e. The number of hydrogen-bond acceptors (Lipinski definition) is 3. The van der Waals surface area contributed by atoms with Gasteiger partial charge in [0, 0.05) is 13.1 Å². The molecule has 4 heteroatoms. The van der Waals surface area contributed by atoms with Crippen LogP contribution in [0.2, 0.25) is 0 Å². The van der Waals surface area contributed by atoms with E-state index in [0.717, 1.165) is 24.8 Å². The zero-order valence-corrected chi connectivity index (χ0v) is 12.9. The van der Waals surface area contributed by atoms with Crippen LogP contribution in [0.3, 0.4) is 0 Å². The predicted octanol–water partition coefficient (Wildman–Crippen LogP) is 3.19. The Labute approximate surface area is 123 Å². The summed E-state index contributed by atoms with van der Waals surface area (Å²) < 4.78 is 0.705. The van der Waals surface area contributed by atoms with Gasteiger partial charge in [-0.05, 0) is 52.4 Å². The normalized spacial score (nSPS) is 27.4. The van der Waals surface area contributed by atoms with Crippen LogP contribution < -0.4 is 5.32 Å². The summed E-state index contributed by atoms with van der Waals surface area (Å²) in [4.78, 5) is 0. The molecule has 1 aromatic carbocycles. The molecular formula is C15H22BrNO2. The Morgan fingerprint density at radius 3 is 2.95 bits per heavy atom. The van der Waals surface area contributed by atoms with Crippen molar-refractivity contribution in [3.8, 4) is 5.75 Å². The van der Waals surface area contributed by atoms with E-state index in [-0.39, 0.29) is 5.75 Å². The summed E-state index contributed by atoms with van der Waals surface area (Å²) in [6.07, 6.45) is 4.13. The van der Waals surface area contributed by atoms with Gasteiger partial charge in [0.15, 0.2) is 0 Å². The molecule has 1 saturated carbocycles. The van der Waals surface area contributed by atoms with Crippen LogP contribution in [-0.4, -0.2) is 22.4 Å². The highest BCUT2D eigenvalue weighted by Gasteiger charge is 2.31. The van der Waals surface area contributed by atoms with Crippen molar-refractivity contribution in [2.45, 2.75) is 44.8 Å². The lowest BCUT2D eigenvalue weighted by molar-refractivity contribution is -0.0119. The van der Waals surface area contributed by atoms with Gasteiger partial charge >= 0.3 is 0 Å². The van der Waals surface area contributed by atoms with Gasteiger partial charge in [-0.2, -0.15) is 0 Å². The lowest BCUT2D eigenvalue weighted by atomic mass is 9.79. The molecule has 3 N–H and O–H groups in total. The maximum absolute atomic E-state index is 10.5. The molecule has 2 unspecified atom stereocenters. The molecule has 1 aliphatic rings. The molecule has 0 amide bonds. The minimum atomic E-state index is -0.550. The lowest BCUT2D eigenvalue weighted by Crippen LogP contribution is -2.43. The van der Waals surface area contributed by atoms with Gasteiger partial charge in [0.25, 0.3) is 0 Å². The van der Waals surface area contributed by atoms with Gasteiger partial charge in [-0.15, -0.1) is 0 Å². The van der Waals surface area contributed by atoms with Crippen molar-refractivity contribution in [1.29, 1.82) is 0 Å². The molecular weight excluding hydrogens is 306 g/mol. The number of phenolic OH excluding ortho intramolecular Hbond substituents is 1. The van der Waals surface area contributed by atoms with E-state index < -0.39 is 5.60 Å². The summed E-state index contributed by atoms with van der Waals surface area (Å²) in [5, 5.41) is 23.3. The molecule has 106 valence electrons. The van der Waals surface area contributed by atoms with Crippen LogP contribution in [-0.2, 0) is 6.54 Å². The highest BCUT2D eigenvalue weighted by atomic mass is 79.9. The molecule has 2 rings (SSSR count). The highest BCUT2D eigenvalue weighted by molar-refractivity contribution is 9.10. The van der Waals surface area contributed by atoms with Gasteiger partial charge in [0.05, 0.1) is 10.1 Å². The first-order chi connectivity index (χ1) is 8.98. The topological polar surface area (TPSA) is 52.5 Å². The molecule has 0 aliphatic heterocycles. The van der Waals surface area contributed by atoms with Crippen molar-refractivity contribution in [1.82, 2.24) is 5.32 Å². The third kappa shape index (κ3) is 4.20. The summed E-state index contributed by atoms with van der Waals surface area (Å²) in [5.74, 6) is 0.867. The van der Waals surface area contributed by atoms with Crippen LogP contribution in [0.1, 0.15) is 38.2 Å². The van der Waals surface area contributed by atoms with Gasteiger partial charge < -0.3 is 15.5 Å². The zero-order valence-electron chi connectivity index (χ0n) is 11.3. The molecule has 0 saturated heterocycles. The van der Waals surface area contributed by atoms with Crippen molar-refractivity contribution in [2.75, 3.05) is 6.54 Å². The van der Waals surface area contributed by atoms with Crippen LogP contribution in [0, 0.1) is 5.92 Å². The minimum Gasteiger partial charge on any atom is -0.507 e. The highest BCUT2D eigenvalue weighted by Crippen LogP contribution is 2.31. The second kappa shape index (κ2) is 6.25. The van der Waals surface area contributed by atoms with Gasteiger partial charge in [-0.3, -0.25) is 0 Å². The molecule has 19 heavy (non-hydrogen) atoms. The Balaban J connectivity index is 1.84. The Kier molecular flexibility index (Phi) is 4.87. The average molecular weight is 328 g/mol. The second-order valence-electron chi connectivity index (χ2n) is 5.82. The minimum absolute atomic E-state index is 0.253. The molecule has 0 heterocycles. The first kappa shape index (κ1) is 14.8. The molecule has 1 aliphatic carbocycles. The first-order valence-corrected chi connectivity index (χ1v) is 7.68. The largest absolute Gasteiger partial charge is 0.507 e. The summed E-state index contributed by atoms with van der Waals surface area (Å²) in [7, 11) is 0. The first-order valence-electron chi connectivity index (χ1n) is 6.89. The average Bonchev–Trinajstić information content (AvgIpc) is 2.33. The summed E-state index contributed by atoms with van der Waals surface area (Å²) >= 11 is 3.31. The van der Waals surface area contributed by atoms with Crippen LogP contribution in [0.15, 0.2) is 22.7 Å².